The summed E-state index contributed by atoms with van der Waals surface area (Å²) in [5.41, 5.74) is 9.62. The first-order valence-corrected chi connectivity index (χ1v) is 13.0. The van der Waals surface area contributed by atoms with Gasteiger partial charge in [-0.15, -0.1) is 0 Å². The number of rotatable bonds is 4. The highest BCUT2D eigenvalue weighted by Crippen LogP contribution is 2.31. The molecular weight excluding hydrogens is 492 g/mol. The van der Waals surface area contributed by atoms with Crippen molar-refractivity contribution in [3.05, 3.63) is 157 Å². The molecule has 6 heteroatoms. The highest BCUT2D eigenvalue weighted by Gasteiger charge is 2.23. The molecule has 1 aliphatic heterocycles. The van der Waals surface area contributed by atoms with Gasteiger partial charge in [-0.3, -0.25) is 19.9 Å². The summed E-state index contributed by atoms with van der Waals surface area (Å²) < 4.78 is 0. The van der Waals surface area contributed by atoms with Crippen LogP contribution in [0.5, 0.6) is 0 Å². The van der Waals surface area contributed by atoms with Gasteiger partial charge in [0.05, 0.1) is 22.8 Å². The first-order valence-electron chi connectivity index (χ1n) is 13.0. The monoisotopic (exact) mass is 514 g/mol. The minimum absolute atomic E-state index is 0.639. The second-order valence-electron chi connectivity index (χ2n) is 9.26. The second kappa shape index (κ2) is 10.3. The SMILES string of the molecule is c1ccc(-c2ccc(C3=Nc4cccnc4C(c4ccc(-c5ccccc5)cn4)=Nc4cccnc43)nc2)cc1. The molecule has 6 nitrogen and oxygen atoms in total. The minimum atomic E-state index is 0.639. The van der Waals surface area contributed by atoms with Crippen molar-refractivity contribution in [3.63, 3.8) is 0 Å². The lowest BCUT2D eigenvalue weighted by atomic mass is 10.0. The van der Waals surface area contributed by atoms with E-state index >= 15 is 0 Å². The lowest BCUT2D eigenvalue weighted by Crippen LogP contribution is -2.14. The molecule has 0 atom stereocenters. The van der Waals surface area contributed by atoms with Crippen LogP contribution in [0.1, 0.15) is 22.8 Å². The van der Waals surface area contributed by atoms with E-state index in [2.05, 4.69) is 36.4 Å². The van der Waals surface area contributed by atoms with Crippen molar-refractivity contribution in [2.75, 3.05) is 0 Å². The Bertz CT molecular complexity index is 1720. The predicted octanol–water partition coefficient (Wildman–Crippen LogP) is 7.25. The molecule has 188 valence electrons. The van der Waals surface area contributed by atoms with Crippen LogP contribution in [0.2, 0.25) is 0 Å². The summed E-state index contributed by atoms with van der Waals surface area (Å²) in [5.74, 6) is 0. The topological polar surface area (TPSA) is 76.3 Å². The zero-order valence-electron chi connectivity index (χ0n) is 21.4. The average molecular weight is 515 g/mol. The Kier molecular flexibility index (Phi) is 6.03. The number of aromatic nitrogens is 4. The number of hydrogen-bond donors (Lipinski definition) is 0. The van der Waals surface area contributed by atoms with E-state index in [1.165, 1.54) is 0 Å². The molecule has 0 radical (unpaired) electrons. The lowest BCUT2D eigenvalue weighted by Gasteiger charge is -2.16. The maximum Gasteiger partial charge on any atom is 0.117 e. The summed E-state index contributed by atoms with van der Waals surface area (Å²) in [6, 6.07) is 36.0. The number of fused-ring (bicyclic) bond motifs is 2. The highest BCUT2D eigenvalue weighted by molar-refractivity contribution is 6.20. The molecule has 0 fully saturated rings. The molecule has 5 heterocycles. The Balaban J connectivity index is 1.34. The third kappa shape index (κ3) is 4.48. The zero-order chi connectivity index (χ0) is 26.7. The molecular formula is C34H22N6. The van der Waals surface area contributed by atoms with Crippen LogP contribution in [0.4, 0.5) is 11.4 Å². The van der Waals surface area contributed by atoms with Gasteiger partial charge in [0.25, 0.3) is 0 Å². The molecule has 0 saturated heterocycles. The summed E-state index contributed by atoms with van der Waals surface area (Å²) in [6.45, 7) is 0. The van der Waals surface area contributed by atoms with Crippen molar-refractivity contribution < 1.29 is 0 Å². The number of hydrogen-bond acceptors (Lipinski definition) is 6. The summed E-state index contributed by atoms with van der Waals surface area (Å²) >= 11 is 0. The Morgan fingerprint density at radius 3 is 1.20 bits per heavy atom. The fraction of sp³-hybridized carbons (Fsp3) is 0. The van der Waals surface area contributed by atoms with E-state index in [0.717, 1.165) is 22.3 Å². The van der Waals surface area contributed by atoms with Crippen molar-refractivity contribution in [2.24, 2.45) is 9.98 Å². The van der Waals surface area contributed by atoms with Crippen molar-refractivity contribution in [1.29, 1.82) is 0 Å². The van der Waals surface area contributed by atoms with E-state index in [-0.39, 0.29) is 0 Å². The fourth-order valence-electron chi connectivity index (χ4n) is 4.71. The van der Waals surface area contributed by atoms with Gasteiger partial charge in [-0.25, -0.2) is 9.98 Å². The average Bonchev–Trinajstić information content (AvgIpc) is 3.03. The van der Waals surface area contributed by atoms with Gasteiger partial charge >= 0.3 is 0 Å². The van der Waals surface area contributed by atoms with E-state index in [0.29, 0.717) is 45.6 Å². The van der Waals surface area contributed by atoms with E-state index in [1.54, 1.807) is 12.4 Å². The van der Waals surface area contributed by atoms with Crippen molar-refractivity contribution in [2.45, 2.75) is 0 Å². The van der Waals surface area contributed by atoms with E-state index in [4.69, 9.17) is 29.9 Å². The quantitative estimate of drug-likeness (QED) is 0.248. The standard InChI is InChI=1S/C34H22N6/c1-3-9-23(10-4-1)25-15-17-27(37-21-25)33-31-29(13-7-19-35-31)40-34(32-30(39-33)14-8-20-36-32)28-18-16-26(22-38-28)24-11-5-2-6-12-24/h1-22H. The van der Waals surface area contributed by atoms with Crippen LogP contribution in [0.3, 0.4) is 0 Å². The molecule has 7 rings (SSSR count). The Labute approximate surface area is 231 Å². The largest absolute Gasteiger partial charge is 0.254 e. The van der Waals surface area contributed by atoms with Gasteiger partial charge in [0.2, 0.25) is 0 Å². The van der Waals surface area contributed by atoms with Gasteiger partial charge in [0, 0.05) is 35.9 Å². The van der Waals surface area contributed by atoms with Crippen LogP contribution in [0.25, 0.3) is 22.3 Å². The first-order chi connectivity index (χ1) is 19.8. The fourth-order valence-corrected chi connectivity index (χ4v) is 4.71. The Morgan fingerprint density at radius 2 is 0.800 bits per heavy atom. The summed E-state index contributed by atoms with van der Waals surface area (Å²) in [6.07, 6.45) is 7.23. The maximum absolute atomic E-state index is 5.07. The molecule has 0 bridgehead atoms. The number of benzene rings is 2. The number of aliphatic imine (C=N–C) groups is 2. The number of nitrogens with zero attached hydrogens (tertiary/aromatic N) is 6. The molecule has 0 spiro atoms. The molecule has 6 aromatic rings. The van der Waals surface area contributed by atoms with Crippen LogP contribution in [0, 0.1) is 0 Å². The molecule has 2 aromatic carbocycles. The molecule has 4 aromatic heterocycles. The summed E-state index contributed by atoms with van der Waals surface area (Å²) in [4.78, 5) is 29.1. The first kappa shape index (κ1) is 23.5. The lowest BCUT2D eigenvalue weighted by molar-refractivity contribution is 1.19. The normalized spacial score (nSPS) is 12.3. The van der Waals surface area contributed by atoms with E-state index < -0.39 is 0 Å². The summed E-state index contributed by atoms with van der Waals surface area (Å²) in [5, 5.41) is 0. The summed E-state index contributed by atoms with van der Waals surface area (Å²) in [7, 11) is 0. The van der Waals surface area contributed by atoms with E-state index in [9.17, 15) is 0 Å². The van der Waals surface area contributed by atoms with Crippen molar-refractivity contribution in [3.8, 4) is 22.3 Å². The van der Waals surface area contributed by atoms with Crippen LogP contribution in [-0.2, 0) is 0 Å². The molecule has 40 heavy (non-hydrogen) atoms. The van der Waals surface area contributed by atoms with Crippen molar-refractivity contribution >= 4 is 22.8 Å². The third-order valence-corrected chi connectivity index (χ3v) is 6.71. The molecule has 0 saturated carbocycles. The third-order valence-electron chi connectivity index (χ3n) is 6.71. The molecule has 0 unspecified atom stereocenters. The van der Waals surface area contributed by atoms with Crippen LogP contribution >= 0.6 is 0 Å². The zero-order valence-corrected chi connectivity index (χ0v) is 21.4. The Morgan fingerprint density at radius 1 is 0.350 bits per heavy atom. The smallest absolute Gasteiger partial charge is 0.117 e. The maximum atomic E-state index is 5.07. The minimum Gasteiger partial charge on any atom is -0.254 e. The van der Waals surface area contributed by atoms with Gasteiger partial charge in [-0.2, -0.15) is 0 Å². The van der Waals surface area contributed by atoms with Gasteiger partial charge < -0.3 is 0 Å². The van der Waals surface area contributed by atoms with Crippen LogP contribution in [-0.4, -0.2) is 31.4 Å². The predicted molar refractivity (Wildman–Crippen MR) is 158 cm³/mol. The van der Waals surface area contributed by atoms with E-state index in [1.807, 2.05) is 85.2 Å². The van der Waals surface area contributed by atoms with Gasteiger partial charge in [0.15, 0.2) is 0 Å². The van der Waals surface area contributed by atoms with Crippen LogP contribution in [0.15, 0.2) is 144 Å². The molecule has 0 amide bonds. The Hall–Kier alpha value is -5.62. The molecule has 0 N–H and O–H groups in total. The molecule has 0 aliphatic carbocycles. The second-order valence-corrected chi connectivity index (χ2v) is 9.26. The van der Waals surface area contributed by atoms with Gasteiger partial charge in [-0.05, 0) is 47.5 Å². The molecule has 1 aliphatic rings. The van der Waals surface area contributed by atoms with Gasteiger partial charge in [-0.1, -0.05) is 72.8 Å². The highest BCUT2D eigenvalue weighted by atomic mass is 14.9. The number of pyridine rings is 4. The van der Waals surface area contributed by atoms with Crippen LogP contribution < -0.4 is 0 Å². The van der Waals surface area contributed by atoms with Crippen molar-refractivity contribution in [1.82, 2.24) is 19.9 Å². The van der Waals surface area contributed by atoms with Gasteiger partial charge in [0.1, 0.15) is 22.8 Å².